The van der Waals surface area contributed by atoms with Gasteiger partial charge in [-0.25, -0.2) is 0 Å². The van der Waals surface area contributed by atoms with Gasteiger partial charge in [0.05, 0.1) is 6.10 Å². The standard InChI is InChI=1S/C10H13BrO/c1-7-5-9(6-8(2)12)3-4-10(7)11/h3-5,8,12H,6H2,1-2H3/t8-/m1/s1. The van der Waals surface area contributed by atoms with Crippen LogP contribution in [0, 0.1) is 6.92 Å². The van der Waals surface area contributed by atoms with Crippen molar-refractivity contribution in [2.24, 2.45) is 0 Å². The van der Waals surface area contributed by atoms with E-state index in [2.05, 4.69) is 28.9 Å². The number of benzene rings is 1. The van der Waals surface area contributed by atoms with E-state index in [4.69, 9.17) is 5.11 Å². The van der Waals surface area contributed by atoms with Crippen molar-refractivity contribution in [3.63, 3.8) is 0 Å². The third-order valence-corrected chi connectivity index (χ3v) is 2.64. The molecule has 1 aromatic rings. The minimum absolute atomic E-state index is 0.259. The fourth-order valence-electron chi connectivity index (χ4n) is 1.17. The van der Waals surface area contributed by atoms with Gasteiger partial charge in [0.2, 0.25) is 0 Å². The SMILES string of the molecule is Cc1cc(C[C@@H](C)O)ccc1Br. The Morgan fingerprint density at radius 2 is 2.17 bits per heavy atom. The maximum Gasteiger partial charge on any atom is 0.0552 e. The molecule has 0 amide bonds. The van der Waals surface area contributed by atoms with Crippen molar-refractivity contribution >= 4 is 15.9 Å². The Morgan fingerprint density at radius 3 is 2.67 bits per heavy atom. The molecule has 0 aliphatic rings. The van der Waals surface area contributed by atoms with Gasteiger partial charge < -0.3 is 5.11 Å². The predicted molar refractivity (Wildman–Crippen MR) is 54.3 cm³/mol. The lowest BCUT2D eigenvalue weighted by Gasteiger charge is -2.05. The summed E-state index contributed by atoms with van der Waals surface area (Å²) in [6.07, 6.45) is 0.472. The second kappa shape index (κ2) is 4.06. The van der Waals surface area contributed by atoms with E-state index < -0.39 is 0 Å². The highest BCUT2D eigenvalue weighted by Gasteiger charge is 2.00. The Balaban J connectivity index is 2.82. The van der Waals surface area contributed by atoms with Crippen LogP contribution < -0.4 is 0 Å². The molecule has 0 aliphatic heterocycles. The van der Waals surface area contributed by atoms with Crippen molar-refractivity contribution in [2.75, 3.05) is 0 Å². The minimum atomic E-state index is -0.259. The first-order chi connectivity index (χ1) is 5.59. The maximum absolute atomic E-state index is 9.15. The molecule has 1 N–H and O–H groups in total. The van der Waals surface area contributed by atoms with E-state index in [1.807, 2.05) is 12.1 Å². The number of halogens is 1. The van der Waals surface area contributed by atoms with Gasteiger partial charge in [0.25, 0.3) is 0 Å². The Morgan fingerprint density at radius 1 is 1.50 bits per heavy atom. The molecule has 0 spiro atoms. The van der Waals surface area contributed by atoms with E-state index in [1.165, 1.54) is 11.1 Å². The average Bonchev–Trinajstić information content (AvgIpc) is 1.96. The van der Waals surface area contributed by atoms with Crippen molar-refractivity contribution in [3.8, 4) is 0 Å². The molecule has 1 aromatic carbocycles. The lowest BCUT2D eigenvalue weighted by Crippen LogP contribution is -2.04. The van der Waals surface area contributed by atoms with E-state index in [1.54, 1.807) is 6.92 Å². The largest absolute Gasteiger partial charge is 0.393 e. The zero-order valence-corrected chi connectivity index (χ0v) is 8.93. The van der Waals surface area contributed by atoms with Gasteiger partial charge >= 0.3 is 0 Å². The van der Waals surface area contributed by atoms with Gasteiger partial charge in [0.15, 0.2) is 0 Å². The van der Waals surface area contributed by atoms with Crippen molar-refractivity contribution in [3.05, 3.63) is 33.8 Å². The summed E-state index contributed by atoms with van der Waals surface area (Å²) in [5.41, 5.74) is 2.40. The van der Waals surface area contributed by atoms with Crippen LogP contribution in [0.4, 0.5) is 0 Å². The third kappa shape index (κ3) is 2.61. The lowest BCUT2D eigenvalue weighted by atomic mass is 10.1. The summed E-state index contributed by atoms with van der Waals surface area (Å²) < 4.78 is 1.12. The van der Waals surface area contributed by atoms with Crippen LogP contribution in [0.15, 0.2) is 22.7 Å². The maximum atomic E-state index is 9.15. The van der Waals surface area contributed by atoms with E-state index in [-0.39, 0.29) is 6.10 Å². The van der Waals surface area contributed by atoms with Crippen LogP contribution in [0.3, 0.4) is 0 Å². The molecule has 0 saturated heterocycles. The fourth-order valence-corrected chi connectivity index (χ4v) is 1.42. The van der Waals surface area contributed by atoms with Crippen LogP contribution in [0.1, 0.15) is 18.1 Å². The molecule has 0 unspecified atom stereocenters. The van der Waals surface area contributed by atoms with Crippen molar-refractivity contribution < 1.29 is 5.11 Å². The zero-order valence-electron chi connectivity index (χ0n) is 7.34. The normalized spacial score (nSPS) is 13.0. The van der Waals surface area contributed by atoms with Crippen LogP contribution in [-0.2, 0) is 6.42 Å². The zero-order chi connectivity index (χ0) is 9.14. The molecule has 0 saturated carbocycles. The summed E-state index contributed by atoms with van der Waals surface area (Å²) in [4.78, 5) is 0. The molecular formula is C10H13BrO. The lowest BCUT2D eigenvalue weighted by molar-refractivity contribution is 0.195. The molecule has 0 aromatic heterocycles. The second-order valence-electron chi connectivity index (χ2n) is 3.14. The summed E-state index contributed by atoms with van der Waals surface area (Å²) in [7, 11) is 0. The van der Waals surface area contributed by atoms with Crippen molar-refractivity contribution in [1.29, 1.82) is 0 Å². The van der Waals surface area contributed by atoms with E-state index >= 15 is 0 Å². The first-order valence-corrected chi connectivity index (χ1v) is 4.82. The minimum Gasteiger partial charge on any atom is -0.393 e. The number of hydrogen-bond donors (Lipinski definition) is 1. The van der Waals surface area contributed by atoms with Gasteiger partial charge in [-0.15, -0.1) is 0 Å². The van der Waals surface area contributed by atoms with E-state index in [9.17, 15) is 0 Å². The predicted octanol–water partition coefficient (Wildman–Crippen LogP) is 2.68. The van der Waals surface area contributed by atoms with Crippen molar-refractivity contribution in [1.82, 2.24) is 0 Å². The molecule has 1 nitrogen and oxygen atoms in total. The topological polar surface area (TPSA) is 20.2 Å². The Kier molecular flexibility index (Phi) is 3.29. The van der Waals surface area contributed by atoms with Crippen LogP contribution in [-0.4, -0.2) is 11.2 Å². The molecule has 0 heterocycles. The molecule has 0 aliphatic carbocycles. The number of rotatable bonds is 2. The summed E-state index contributed by atoms with van der Waals surface area (Å²) in [6.45, 7) is 3.85. The molecule has 0 radical (unpaired) electrons. The molecule has 66 valence electrons. The molecule has 0 bridgehead atoms. The van der Waals surface area contributed by atoms with Crippen LogP contribution in [0.2, 0.25) is 0 Å². The molecule has 0 fully saturated rings. The molecular weight excluding hydrogens is 216 g/mol. The second-order valence-corrected chi connectivity index (χ2v) is 3.99. The third-order valence-electron chi connectivity index (χ3n) is 1.75. The summed E-state index contributed by atoms with van der Waals surface area (Å²) in [5, 5.41) is 9.15. The Hall–Kier alpha value is -0.340. The number of aryl methyl sites for hydroxylation is 1. The molecule has 12 heavy (non-hydrogen) atoms. The van der Waals surface area contributed by atoms with Gasteiger partial charge in [0, 0.05) is 4.47 Å². The fraction of sp³-hybridized carbons (Fsp3) is 0.400. The molecule has 1 atom stereocenters. The number of hydrogen-bond acceptors (Lipinski definition) is 1. The van der Waals surface area contributed by atoms with E-state index in [0.717, 1.165) is 10.9 Å². The summed E-state index contributed by atoms with van der Waals surface area (Å²) in [6, 6.07) is 6.15. The van der Waals surface area contributed by atoms with Crippen LogP contribution in [0.25, 0.3) is 0 Å². The first-order valence-electron chi connectivity index (χ1n) is 4.02. The Labute approximate surface area is 81.6 Å². The van der Waals surface area contributed by atoms with Gasteiger partial charge in [0.1, 0.15) is 0 Å². The summed E-state index contributed by atoms with van der Waals surface area (Å²) in [5.74, 6) is 0. The highest BCUT2D eigenvalue weighted by Crippen LogP contribution is 2.17. The van der Waals surface area contributed by atoms with Crippen LogP contribution in [0.5, 0.6) is 0 Å². The average molecular weight is 229 g/mol. The number of aliphatic hydroxyl groups is 1. The summed E-state index contributed by atoms with van der Waals surface area (Å²) >= 11 is 3.43. The van der Waals surface area contributed by atoms with E-state index in [0.29, 0.717) is 0 Å². The van der Waals surface area contributed by atoms with Crippen molar-refractivity contribution in [2.45, 2.75) is 26.4 Å². The number of aliphatic hydroxyl groups excluding tert-OH is 1. The van der Waals surface area contributed by atoms with Gasteiger partial charge in [-0.2, -0.15) is 0 Å². The molecule has 2 heteroatoms. The van der Waals surface area contributed by atoms with Gasteiger partial charge in [-0.05, 0) is 37.5 Å². The quantitative estimate of drug-likeness (QED) is 0.826. The van der Waals surface area contributed by atoms with Gasteiger partial charge in [-0.3, -0.25) is 0 Å². The first kappa shape index (κ1) is 9.75. The molecule has 1 rings (SSSR count). The highest BCUT2D eigenvalue weighted by molar-refractivity contribution is 9.10. The Bertz CT molecular complexity index is 269. The monoisotopic (exact) mass is 228 g/mol. The van der Waals surface area contributed by atoms with Gasteiger partial charge in [-0.1, -0.05) is 28.1 Å². The smallest absolute Gasteiger partial charge is 0.0552 e. The highest BCUT2D eigenvalue weighted by atomic mass is 79.9. The van der Waals surface area contributed by atoms with Crippen LogP contribution >= 0.6 is 15.9 Å².